The molecule has 3 N–H and O–H groups in total. The van der Waals surface area contributed by atoms with Crippen molar-refractivity contribution in [2.45, 2.75) is 19.3 Å². The van der Waals surface area contributed by atoms with Crippen LogP contribution in [0.2, 0.25) is 0 Å². The van der Waals surface area contributed by atoms with Crippen LogP contribution >= 0.6 is 0 Å². The molecule has 0 fully saturated rings. The van der Waals surface area contributed by atoms with Crippen LogP contribution in [0.25, 0.3) is 16.6 Å². The van der Waals surface area contributed by atoms with Gasteiger partial charge in [-0.3, -0.25) is 9.20 Å². The number of pyridine rings is 2. The van der Waals surface area contributed by atoms with E-state index in [4.69, 9.17) is 5.73 Å². The molecule has 0 aliphatic carbocycles. The molecule has 3 aromatic heterocycles. The SMILES string of the molecule is CC(Nc1ncnc(N)c1C#N)c1cc2ccc(F)cn2c(=O)c1-c1cccc(OC(F)(F)F)c1. The average Bonchev–Trinajstić information content (AvgIpc) is 2.78. The number of anilines is 2. The van der Waals surface area contributed by atoms with Gasteiger partial charge >= 0.3 is 6.36 Å². The van der Waals surface area contributed by atoms with E-state index in [2.05, 4.69) is 20.0 Å². The number of nitriles is 1. The van der Waals surface area contributed by atoms with Gasteiger partial charge in [-0.15, -0.1) is 13.2 Å². The van der Waals surface area contributed by atoms with Crippen molar-refractivity contribution >= 4 is 17.2 Å². The molecule has 178 valence electrons. The summed E-state index contributed by atoms with van der Waals surface area (Å²) in [6, 6.07) is 10.3. The minimum absolute atomic E-state index is 0.00117. The molecule has 4 aromatic rings. The molecule has 3 heterocycles. The summed E-state index contributed by atoms with van der Waals surface area (Å²) in [4.78, 5) is 21.2. The molecule has 0 radical (unpaired) electrons. The maximum Gasteiger partial charge on any atom is 0.573 e. The Morgan fingerprint density at radius 3 is 2.69 bits per heavy atom. The number of rotatable bonds is 5. The van der Waals surface area contributed by atoms with Gasteiger partial charge in [0.1, 0.15) is 41.2 Å². The lowest BCUT2D eigenvalue weighted by atomic mass is 9.96. The van der Waals surface area contributed by atoms with Crippen LogP contribution in [0.15, 0.2) is 59.8 Å². The summed E-state index contributed by atoms with van der Waals surface area (Å²) in [5.41, 5.74) is 5.87. The minimum atomic E-state index is -4.93. The van der Waals surface area contributed by atoms with Crippen molar-refractivity contribution in [3.63, 3.8) is 0 Å². The van der Waals surface area contributed by atoms with E-state index in [1.807, 2.05) is 6.07 Å². The van der Waals surface area contributed by atoms with Crippen LogP contribution in [-0.4, -0.2) is 20.7 Å². The summed E-state index contributed by atoms with van der Waals surface area (Å²) >= 11 is 0. The first-order valence-corrected chi connectivity index (χ1v) is 10.1. The Morgan fingerprint density at radius 1 is 1.20 bits per heavy atom. The lowest BCUT2D eigenvalue weighted by Gasteiger charge is -2.20. The molecule has 0 aliphatic rings. The summed E-state index contributed by atoms with van der Waals surface area (Å²) < 4.78 is 57.3. The number of nitrogen functional groups attached to an aromatic ring is 1. The van der Waals surface area contributed by atoms with Gasteiger partial charge in [0.2, 0.25) is 0 Å². The first-order chi connectivity index (χ1) is 16.6. The van der Waals surface area contributed by atoms with Crippen LogP contribution in [-0.2, 0) is 0 Å². The van der Waals surface area contributed by atoms with Crippen molar-refractivity contribution in [2.75, 3.05) is 11.1 Å². The van der Waals surface area contributed by atoms with Crippen LogP contribution in [0.5, 0.6) is 5.75 Å². The van der Waals surface area contributed by atoms with Gasteiger partial charge in [0.05, 0.1) is 11.6 Å². The van der Waals surface area contributed by atoms with Gasteiger partial charge in [-0.1, -0.05) is 12.1 Å². The number of hydrogen-bond acceptors (Lipinski definition) is 7. The summed E-state index contributed by atoms with van der Waals surface area (Å²) in [5.74, 6) is -1.15. The fraction of sp³-hybridized carbons (Fsp3) is 0.130. The first kappa shape index (κ1) is 23.5. The standard InChI is InChI=1S/C23H16F4N6O2/c1-12(32-21-18(9-28)20(29)30-11-31-21)17-8-15-6-5-14(24)10-33(15)22(34)19(17)13-3-2-4-16(7-13)35-23(25,26)27/h2-8,10-12H,1H3,(H3,29,30,31,32). The van der Waals surface area contributed by atoms with E-state index in [-0.39, 0.29) is 28.3 Å². The topological polar surface area (TPSA) is 118 Å². The number of ether oxygens (including phenoxy) is 1. The third-order valence-electron chi connectivity index (χ3n) is 5.13. The summed E-state index contributed by atoms with van der Waals surface area (Å²) in [5, 5.41) is 12.4. The van der Waals surface area contributed by atoms with E-state index in [1.165, 1.54) is 24.3 Å². The molecule has 0 saturated heterocycles. The van der Waals surface area contributed by atoms with Crippen molar-refractivity contribution < 1.29 is 22.3 Å². The number of nitrogens with one attached hydrogen (secondary N) is 1. The number of hydrogen-bond donors (Lipinski definition) is 2. The Morgan fingerprint density at radius 2 is 1.97 bits per heavy atom. The van der Waals surface area contributed by atoms with Crippen molar-refractivity contribution in [1.29, 1.82) is 5.26 Å². The zero-order chi connectivity index (χ0) is 25.3. The minimum Gasteiger partial charge on any atom is -0.406 e. The van der Waals surface area contributed by atoms with Gasteiger partial charge in [-0.2, -0.15) is 5.26 Å². The highest BCUT2D eigenvalue weighted by molar-refractivity contribution is 5.73. The van der Waals surface area contributed by atoms with E-state index in [1.54, 1.807) is 13.0 Å². The second kappa shape index (κ2) is 8.94. The number of nitrogens with two attached hydrogens (primary N) is 1. The predicted octanol–water partition coefficient (Wildman–Crippen LogP) is 4.42. The molecule has 12 heteroatoms. The van der Waals surface area contributed by atoms with E-state index in [0.717, 1.165) is 29.1 Å². The molecule has 35 heavy (non-hydrogen) atoms. The van der Waals surface area contributed by atoms with E-state index >= 15 is 0 Å². The Labute approximate surface area is 195 Å². The van der Waals surface area contributed by atoms with Crippen molar-refractivity contribution in [2.24, 2.45) is 0 Å². The molecule has 1 unspecified atom stereocenters. The molecule has 8 nitrogen and oxygen atoms in total. The smallest absolute Gasteiger partial charge is 0.406 e. The van der Waals surface area contributed by atoms with Crippen LogP contribution in [0.4, 0.5) is 29.2 Å². The number of aromatic nitrogens is 3. The highest BCUT2D eigenvalue weighted by Crippen LogP contribution is 2.33. The molecule has 1 atom stereocenters. The van der Waals surface area contributed by atoms with E-state index in [0.29, 0.717) is 11.1 Å². The monoisotopic (exact) mass is 484 g/mol. The van der Waals surface area contributed by atoms with Crippen LogP contribution in [0.3, 0.4) is 0 Å². The lowest BCUT2D eigenvalue weighted by molar-refractivity contribution is -0.274. The molecule has 0 bridgehead atoms. The summed E-state index contributed by atoms with van der Waals surface area (Å²) in [6.07, 6.45) is -2.79. The molecule has 0 spiro atoms. The number of benzene rings is 1. The van der Waals surface area contributed by atoms with Crippen LogP contribution in [0, 0.1) is 17.1 Å². The number of fused-ring (bicyclic) bond motifs is 1. The second-order valence-electron chi connectivity index (χ2n) is 7.46. The van der Waals surface area contributed by atoms with Gasteiger partial charge in [-0.25, -0.2) is 14.4 Å². The number of alkyl halides is 3. The highest BCUT2D eigenvalue weighted by Gasteiger charge is 2.31. The first-order valence-electron chi connectivity index (χ1n) is 10.1. The largest absolute Gasteiger partial charge is 0.573 e. The third kappa shape index (κ3) is 4.84. The molecule has 0 amide bonds. The summed E-state index contributed by atoms with van der Waals surface area (Å²) in [6.45, 7) is 1.66. The number of halogens is 4. The zero-order valence-corrected chi connectivity index (χ0v) is 18.0. The van der Waals surface area contributed by atoms with Crippen molar-refractivity contribution in [3.8, 4) is 22.9 Å². The fourth-order valence-corrected chi connectivity index (χ4v) is 3.64. The van der Waals surface area contributed by atoms with Crippen LogP contribution in [0.1, 0.15) is 24.1 Å². The maximum absolute atomic E-state index is 13.9. The molecule has 0 saturated carbocycles. The van der Waals surface area contributed by atoms with Crippen molar-refractivity contribution in [3.05, 3.63) is 82.3 Å². The fourth-order valence-electron chi connectivity index (χ4n) is 3.64. The highest BCUT2D eigenvalue weighted by atomic mass is 19.4. The zero-order valence-electron chi connectivity index (χ0n) is 18.0. The van der Waals surface area contributed by atoms with Gasteiger partial charge in [0, 0.05) is 11.7 Å². The Bertz CT molecular complexity index is 1530. The Hall–Kier alpha value is -4.66. The second-order valence-corrected chi connectivity index (χ2v) is 7.46. The average molecular weight is 484 g/mol. The van der Waals surface area contributed by atoms with Gasteiger partial charge in [0.25, 0.3) is 5.56 Å². The van der Waals surface area contributed by atoms with Gasteiger partial charge in [-0.05, 0) is 48.4 Å². The summed E-state index contributed by atoms with van der Waals surface area (Å²) in [7, 11) is 0. The van der Waals surface area contributed by atoms with Crippen molar-refractivity contribution in [1.82, 2.24) is 14.4 Å². The molecular weight excluding hydrogens is 468 g/mol. The third-order valence-corrected chi connectivity index (χ3v) is 5.13. The van der Waals surface area contributed by atoms with Gasteiger partial charge in [0.15, 0.2) is 0 Å². The Kier molecular flexibility index (Phi) is 6.00. The Balaban J connectivity index is 1.91. The molecule has 1 aromatic carbocycles. The van der Waals surface area contributed by atoms with Crippen LogP contribution < -0.4 is 21.3 Å². The molecular formula is C23H16F4N6O2. The van der Waals surface area contributed by atoms with Gasteiger partial charge < -0.3 is 15.8 Å². The molecule has 0 aliphatic heterocycles. The maximum atomic E-state index is 13.9. The predicted molar refractivity (Wildman–Crippen MR) is 119 cm³/mol. The quantitative estimate of drug-likeness (QED) is 0.403. The van der Waals surface area contributed by atoms with E-state index < -0.39 is 29.5 Å². The number of nitrogens with zero attached hydrogens (tertiary/aromatic N) is 4. The normalized spacial score (nSPS) is 12.2. The molecule has 4 rings (SSSR count). The van der Waals surface area contributed by atoms with E-state index in [9.17, 15) is 27.6 Å². The lowest BCUT2D eigenvalue weighted by Crippen LogP contribution is -2.22.